The summed E-state index contributed by atoms with van der Waals surface area (Å²) in [5, 5.41) is 19.3. The van der Waals surface area contributed by atoms with Gasteiger partial charge in [-0.15, -0.1) is 0 Å². The third-order valence-electron chi connectivity index (χ3n) is 4.09. The Bertz CT molecular complexity index is 705. The van der Waals surface area contributed by atoms with Gasteiger partial charge in [0, 0.05) is 18.8 Å². The number of benzene rings is 1. The topological polar surface area (TPSA) is 121 Å². The zero-order chi connectivity index (χ0) is 15.4. The van der Waals surface area contributed by atoms with Crippen molar-refractivity contribution in [1.82, 2.24) is 4.31 Å². The molecular formula is C13H16N2O5S. The van der Waals surface area contributed by atoms with Crippen molar-refractivity contribution in [1.29, 1.82) is 0 Å². The molecule has 4 N–H and O–H groups in total. The van der Waals surface area contributed by atoms with Crippen LogP contribution in [0.25, 0.3) is 0 Å². The Morgan fingerprint density at radius 1 is 1.33 bits per heavy atom. The zero-order valence-electron chi connectivity index (χ0n) is 11.2. The van der Waals surface area contributed by atoms with Crippen LogP contribution in [0.5, 0.6) is 0 Å². The van der Waals surface area contributed by atoms with Crippen molar-refractivity contribution in [3.63, 3.8) is 0 Å². The molecular weight excluding hydrogens is 296 g/mol. The number of carboxylic acids is 1. The van der Waals surface area contributed by atoms with Crippen molar-refractivity contribution in [3.8, 4) is 0 Å². The lowest BCUT2D eigenvalue weighted by molar-refractivity contribution is -0.0764. The van der Waals surface area contributed by atoms with Crippen LogP contribution >= 0.6 is 0 Å². The first kappa shape index (κ1) is 14.3. The van der Waals surface area contributed by atoms with Crippen LogP contribution < -0.4 is 5.73 Å². The maximum absolute atomic E-state index is 12.5. The van der Waals surface area contributed by atoms with E-state index >= 15 is 0 Å². The molecule has 0 atom stereocenters. The molecule has 1 saturated carbocycles. The Morgan fingerprint density at radius 3 is 2.48 bits per heavy atom. The number of aromatic carboxylic acids is 1. The summed E-state index contributed by atoms with van der Waals surface area (Å²) in [6.07, 6.45) is 1.81. The fourth-order valence-corrected chi connectivity index (χ4v) is 4.46. The molecule has 0 bridgehead atoms. The number of nitrogen functional groups attached to an aromatic ring is 1. The summed E-state index contributed by atoms with van der Waals surface area (Å²) in [5.41, 5.74) is 4.47. The maximum atomic E-state index is 12.5. The van der Waals surface area contributed by atoms with E-state index in [9.17, 15) is 18.3 Å². The first-order valence-corrected chi connectivity index (χ1v) is 8.03. The summed E-state index contributed by atoms with van der Waals surface area (Å²) < 4.78 is 26.1. The van der Waals surface area contributed by atoms with Crippen LogP contribution in [0, 0.1) is 5.92 Å². The van der Waals surface area contributed by atoms with Crippen molar-refractivity contribution in [2.45, 2.75) is 23.3 Å². The molecule has 1 saturated heterocycles. The van der Waals surface area contributed by atoms with E-state index in [0.717, 1.165) is 23.2 Å². The molecule has 0 unspecified atom stereocenters. The smallest absolute Gasteiger partial charge is 0.337 e. The molecule has 0 radical (unpaired) electrons. The van der Waals surface area contributed by atoms with E-state index in [1.165, 1.54) is 12.1 Å². The molecule has 1 aromatic carbocycles. The summed E-state index contributed by atoms with van der Waals surface area (Å²) in [7, 11) is -3.96. The lowest BCUT2D eigenvalue weighted by atomic mass is 9.91. The number of aliphatic hydroxyl groups is 1. The third kappa shape index (κ3) is 2.29. The van der Waals surface area contributed by atoms with Crippen LogP contribution in [0.3, 0.4) is 0 Å². The molecule has 0 aromatic heterocycles. The summed E-state index contributed by atoms with van der Waals surface area (Å²) in [6.45, 7) is 0.0156. The van der Waals surface area contributed by atoms with Gasteiger partial charge in [-0.1, -0.05) is 0 Å². The van der Waals surface area contributed by atoms with Crippen molar-refractivity contribution in [2.75, 3.05) is 18.8 Å². The minimum Gasteiger partial charge on any atom is -0.478 e. The Hall–Kier alpha value is -1.64. The van der Waals surface area contributed by atoms with E-state index in [-0.39, 0.29) is 35.2 Å². The highest BCUT2D eigenvalue weighted by Gasteiger charge is 2.55. The number of carbonyl (C=O) groups is 1. The highest BCUT2D eigenvalue weighted by molar-refractivity contribution is 7.89. The summed E-state index contributed by atoms with van der Waals surface area (Å²) in [5.74, 6) is -1.17. The SMILES string of the molecule is Nc1ccc(C(=O)O)c(S(=O)(=O)N2CC(O)(C3CC3)C2)c1. The lowest BCUT2D eigenvalue weighted by Gasteiger charge is -2.45. The molecule has 21 heavy (non-hydrogen) atoms. The highest BCUT2D eigenvalue weighted by atomic mass is 32.2. The number of rotatable bonds is 4. The number of hydrogen-bond acceptors (Lipinski definition) is 5. The van der Waals surface area contributed by atoms with E-state index in [4.69, 9.17) is 10.8 Å². The predicted octanol–water partition coefficient (Wildman–Crippen LogP) is 0.112. The summed E-state index contributed by atoms with van der Waals surface area (Å²) in [6, 6.07) is 3.67. The van der Waals surface area contributed by atoms with Gasteiger partial charge in [-0.3, -0.25) is 0 Å². The van der Waals surface area contributed by atoms with Gasteiger partial charge < -0.3 is 15.9 Å². The monoisotopic (exact) mass is 312 g/mol. The molecule has 3 rings (SSSR count). The molecule has 1 aliphatic carbocycles. The Kier molecular flexibility index (Phi) is 3.01. The second-order valence-corrected chi connectivity index (χ2v) is 7.62. The van der Waals surface area contributed by atoms with Gasteiger partial charge in [0.2, 0.25) is 10.0 Å². The molecule has 1 aliphatic heterocycles. The molecule has 8 heteroatoms. The lowest BCUT2D eigenvalue weighted by Crippen LogP contribution is -2.64. The van der Waals surface area contributed by atoms with E-state index in [2.05, 4.69) is 0 Å². The summed E-state index contributed by atoms with van der Waals surface area (Å²) >= 11 is 0. The molecule has 1 aromatic rings. The van der Waals surface area contributed by atoms with Gasteiger partial charge in [0.1, 0.15) is 0 Å². The van der Waals surface area contributed by atoms with Crippen LogP contribution in [0.2, 0.25) is 0 Å². The van der Waals surface area contributed by atoms with Gasteiger partial charge in [-0.05, 0) is 37.0 Å². The fourth-order valence-electron chi connectivity index (χ4n) is 2.68. The third-order valence-corrected chi connectivity index (χ3v) is 5.92. The quantitative estimate of drug-likeness (QED) is 0.679. The van der Waals surface area contributed by atoms with Crippen molar-refractivity contribution < 1.29 is 23.4 Å². The summed E-state index contributed by atoms with van der Waals surface area (Å²) in [4.78, 5) is 10.9. The fraction of sp³-hybridized carbons (Fsp3) is 0.462. The zero-order valence-corrected chi connectivity index (χ0v) is 12.0. The van der Waals surface area contributed by atoms with Crippen LogP contribution in [0.1, 0.15) is 23.2 Å². The van der Waals surface area contributed by atoms with Crippen LogP contribution in [-0.4, -0.2) is 47.6 Å². The second kappa shape index (κ2) is 4.43. The van der Waals surface area contributed by atoms with Crippen LogP contribution in [0.15, 0.2) is 23.1 Å². The molecule has 0 amide bonds. The normalized spacial score (nSPS) is 21.8. The molecule has 7 nitrogen and oxygen atoms in total. The molecule has 1 heterocycles. The van der Waals surface area contributed by atoms with E-state index in [1.807, 2.05) is 0 Å². The minimum atomic E-state index is -3.96. The average Bonchev–Trinajstić information content (AvgIpc) is 3.18. The van der Waals surface area contributed by atoms with E-state index in [0.29, 0.717) is 0 Å². The van der Waals surface area contributed by atoms with Gasteiger partial charge in [0.25, 0.3) is 0 Å². The second-order valence-electron chi connectivity index (χ2n) is 5.71. The Labute approximate surface area is 122 Å². The van der Waals surface area contributed by atoms with E-state index < -0.39 is 21.6 Å². The van der Waals surface area contributed by atoms with Crippen LogP contribution in [0.4, 0.5) is 5.69 Å². The van der Waals surface area contributed by atoms with Crippen LogP contribution in [-0.2, 0) is 10.0 Å². The van der Waals surface area contributed by atoms with Gasteiger partial charge in [0.05, 0.1) is 16.1 Å². The first-order valence-electron chi connectivity index (χ1n) is 6.59. The Morgan fingerprint density at radius 2 is 1.95 bits per heavy atom. The maximum Gasteiger partial charge on any atom is 0.337 e. The van der Waals surface area contributed by atoms with Crippen molar-refractivity contribution >= 4 is 21.7 Å². The van der Waals surface area contributed by atoms with Gasteiger partial charge >= 0.3 is 5.97 Å². The molecule has 114 valence electrons. The Balaban J connectivity index is 1.92. The predicted molar refractivity (Wildman–Crippen MR) is 74.2 cm³/mol. The van der Waals surface area contributed by atoms with Crippen molar-refractivity contribution in [3.05, 3.63) is 23.8 Å². The van der Waals surface area contributed by atoms with Gasteiger partial charge in [-0.25, -0.2) is 13.2 Å². The minimum absolute atomic E-state index is 0.00780. The standard InChI is InChI=1S/C13H16N2O5S/c14-9-3-4-10(12(16)17)11(5-9)21(19,20)15-6-13(18,7-15)8-1-2-8/h3-5,8,18H,1-2,6-7,14H2,(H,16,17). The molecule has 2 fully saturated rings. The number of sulfonamides is 1. The molecule has 0 spiro atoms. The highest BCUT2D eigenvalue weighted by Crippen LogP contribution is 2.46. The number of nitrogens with two attached hydrogens (primary N) is 1. The van der Waals surface area contributed by atoms with Gasteiger partial charge in [0.15, 0.2) is 0 Å². The first-order chi connectivity index (χ1) is 9.74. The number of hydrogen-bond donors (Lipinski definition) is 3. The van der Waals surface area contributed by atoms with E-state index in [1.54, 1.807) is 0 Å². The van der Waals surface area contributed by atoms with Gasteiger partial charge in [-0.2, -0.15) is 4.31 Å². The largest absolute Gasteiger partial charge is 0.478 e. The number of nitrogens with zero attached hydrogens (tertiary/aromatic N) is 1. The molecule has 2 aliphatic rings. The average molecular weight is 312 g/mol. The number of carboxylic acid groups (broad SMARTS) is 1. The van der Waals surface area contributed by atoms with Crippen molar-refractivity contribution in [2.24, 2.45) is 5.92 Å². The number of anilines is 1. The number of β-amino-alcohol motifs (C(OH)–C–C–N with tert-alkyl or cyclic N) is 1.